The van der Waals surface area contributed by atoms with E-state index in [1.54, 1.807) is 6.07 Å². The summed E-state index contributed by atoms with van der Waals surface area (Å²) in [5.41, 5.74) is -0.721. The van der Waals surface area contributed by atoms with Gasteiger partial charge in [0.2, 0.25) is 5.28 Å². The van der Waals surface area contributed by atoms with E-state index in [4.69, 9.17) is 11.6 Å². The zero-order valence-electron chi connectivity index (χ0n) is 12.7. The first kappa shape index (κ1) is 15.7. The molecule has 0 atom stereocenters. The Labute approximate surface area is 139 Å². The summed E-state index contributed by atoms with van der Waals surface area (Å²) in [5, 5.41) is -0.0000666. The molecular weight excluding hydrogens is 340 g/mol. The van der Waals surface area contributed by atoms with Crippen molar-refractivity contribution < 1.29 is 4.79 Å². The zero-order valence-corrected chi connectivity index (χ0v) is 14.2. The number of nitrogens with zero attached hydrogens (tertiary/aromatic N) is 4. The third-order valence-electron chi connectivity index (χ3n) is 3.62. The number of thiophene rings is 1. The van der Waals surface area contributed by atoms with E-state index in [2.05, 4.69) is 4.98 Å². The van der Waals surface area contributed by atoms with E-state index in [9.17, 15) is 14.4 Å². The molecule has 9 heteroatoms. The fraction of sp³-hybridized carbons (Fsp3) is 0.286. The van der Waals surface area contributed by atoms with Crippen LogP contribution < -0.4 is 11.2 Å². The molecule has 3 heterocycles. The van der Waals surface area contributed by atoms with Crippen LogP contribution in [0.15, 0.2) is 21.7 Å². The Morgan fingerprint density at radius 3 is 2.57 bits per heavy atom. The average molecular weight is 353 g/mol. The maximum atomic E-state index is 12.4. The molecule has 0 aromatic carbocycles. The highest BCUT2D eigenvalue weighted by Gasteiger charge is 2.20. The van der Waals surface area contributed by atoms with Gasteiger partial charge in [0.15, 0.2) is 16.9 Å². The van der Waals surface area contributed by atoms with Crippen LogP contribution in [0.4, 0.5) is 0 Å². The molecule has 0 saturated heterocycles. The maximum absolute atomic E-state index is 12.4. The zero-order chi connectivity index (χ0) is 16.9. The summed E-state index contributed by atoms with van der Waals surface area (Å²) in [5.74, 6) is -0.166. The van der Waals surface area contributed by atoms with Gasteiger partial charge in [0, 0.05) is 19.0 Å². The number of aryl methyl sites for hydroxylation is 2. The second kappa shape index (κ2) is 5.47. The van der Waals surface area contributed by atoms with Gasteiger partial charge in [0.1, 0.15) is 0 Å². The number of ketones is 1. The molecule has 3 rings (SSSR count). The standard InChI is InChI=1S/C14H13ClN4O3S/c1-7-4-5-9(23-7)8(20)6-19-10-11(16-13(19)15)17(2)14(22)18(3)12(10)21/h4-5H,6H2,1-3H3. The van der Waals surface area contributed by atoms with Gasteiger partial charge in [0.05, 0.1) is 11.4 Å². The van der Waals surface area contributed by atoms with Crippen LogP contribution in [0.2, 0.25) is 5.28 Å². The molecule has 0 fully saturated rings. The fourth-order valence-corrected chi connectivity index (χ4v) is 3.39. The van der Waals surface area contributed by atoms with Crippen LogP contribution in [0.3, 0.4) is 0 Å². The highest BCUT2D eigenvalue weighted by Crippen LogP contribution is 2.20. The van der Waals surface area contributed by atoms with E-state index in [0.717, 1.165) is 9.44 Å². The van der Waals surface area contributed by atoms with Gasteiger partial charge in [-0.05, 0) is 30.7 Å². The van der Waals surface area contributed by atoms with Gasteiger partial charge in [-0.15, -0.1) is 11.3 Å². The molecular formula is C14H13ClN4O3S. The minimum atomic E-state index is -0.530. The lowest BCUT2D eigenvalue weighted by Gasteiger charge is -2.06. The summed E-state index contributed by atoms with van der Waals surface area (Å²) in [6.07, 6.45) is 0. The lowest BCUT2D eigenvalue weighted by Crippen LogP contribution is -2.37. The minimum absolute atomic E-state index is 0.0000666. The number of carbonyl (C=O) groups is 1. The second-order valence-corrected chi connectivity index (χ2v) is 6.80. The summed E-state index contributed by atoms with van der Waals surface area (Å²) < 4.78 is 3.55. The molecule has 0 spiro atoms. The molecule has 120 valence electrons. The summed E-state index contributed by atoms with van der Waals surface area (Å²) in [6, 6.07) is 3.59. The van der Waals surface area contributed by atoms with Crippen LogP contribution in [0.25, 0.3) is 11.2 Å². The average Bonchev–Trinajstić information content (AvgIpc) is 3.08. The molecule has 3 aromatic heterocycles. The van der Waals surface area contributed by atoms with Crippen molar-refractivity contribution in [2.45, 2.75) is 13.5 Å². The van der Waals surface area contributed by atoms with E-state index >= 15 is 0 Å². The first-order chi connectivity index (χ1) is 10.8. The van der Waals surface area contributed by atoms with Crippen molar-refractivity contribution in [3.63, 3.8) is 0 Å². The van der Waals surface area contributed by atoms with Crippen LogP contribution >= 0.6 is 22.9 Å². The number of carbonyl (C=O) groups excluding carboxylic acids is 1. The second-order valence-electron chi connectivity index (χ2n) is 5.18. The van der Waals surface area contributed by atoms with Crippen LogP contribution in [0, 0.1) is 6.92 Å². The van der Waals surface area contributed by atoms with Gasteiger partial charge in [-0.1, -0.05) is 0 Å². The van der Waals surface area contributed by atoms with Gasteiger partial charge in [-0.25, -0.2) is 4.79 Å². The fourth-order valence-electron chi connectivity index (χ4n) is 2.37. The predicted molar refractivity (Wildman–Crippen MR) is 88.6 cm³/mol. The number of halogens is 1. The number of Topliss-reactive ketones (excluding diaryl/α,β-unsaturated/α-hetero) is 1. The van der Waals surface area contributed by atoms with E-state index in [1.165, 1.54) is 34.6 Å². The Morgan fingerprint density at radius 1 is 1.26 bits per heavy atom. The molecule has 0 radical (unpaired) electrons. The molecule has 0 bridgehead atoms. The molecule has 0 aliphatic carbocycles. The number of rotatable bonds is 3. The van der Waals surface area contributed by atoms with Gasteiger partial charge < -0.3 is 4.57 Å². The van der Waals surface area contributed by atoms with E-state index < -0.39 is 11.2 Å². The lowest BCUT2D eigenvalue weighted by atomic mass is 10.3. The molecule has 0 amide bonds. The topological polar surface area (TPSA) is 78.9 Å². The van der Waals surface area contributed by atoms with Crippen molar-refractivity contribution in [1.82, 2.24) is 18.7 Å². The predicted octanol–water partition coefficient (Wildman–Crippen LogP) is 1.34. The molecule has 23 heavy (non-hydrogen) atoms. The number of hydrogen-bond acceptors (Lipinski definition) is 5. The van der Waals surface area contributed by atoms with Crippen LogP contribution in [-0.4, -0.2) is 24.5 Å². The Hall–Kier alpha value is -2.19. The molecule has 0 unspecified atom stereocenters. The summed E-state index contributed by atoms with van der Waals surface area (Å²) >= 11 is 7.47. The van der Waals surface area contributed by atoms with Crippen molar-refractivity contribution in [3.05, 3.63) is 48.0 Å². The third-order valence-corrected chi connectivity index (χ3v) is 4.95. The Balaban J connectivity index is 2.19. The lowest BCUT2D eigenvalue weighted by molar-refractivity contribution is 0.0977. The van der Waals surface area contributed by atoms with Crippen molar-refractivity contribution in [2.75, 3.05) is 0 Å². The summed E-state index contributed by atoms with van der Waals surface area (Å²) in [4.78, 5) is 42.4. The Kier molecular flexibility index (Phi) is 3.73. The minimum Gasteiger partial charge on any atom is -0.301 e. The van der Waals surface area contributed by atoms with Gasteiger partial charge in [-0.3, -0.25) is 18.7 Å². The van der Waals surface area contributed by atoms with Crippen molar-refractivity contribution in [3.8, 4) is 0 Å². The first-order valence-electron chi connectivity index (χ1n) is 6.72. The molecule has 0 aliphatic heterocycles. The summed E-state index contributed by atoms with van der Waals surface area (Å²) in [6.45, 7) is 1.80. The monoisotopic (exact) mass is 352 g/mol. The molecule has 0 N–H and O–H groups in total. The van der Waals surface area contributed by atoms with Gasteiger partial charge in [0.25, 0.3) is 5.56 Å². The van der Waals surface area contributed by atoms with E-state index in [-0.39, 0.29) is 28.8 Å². The Morgan fingerprint density at radius 2 is 1.96 bits per heavy atom. The normalized spacial score (nSPS) is 11.3. The van der Waals surface area contributed by atoms with Crippen LogP contribution in [0.1, 0.15) is 14.5 Å². The van der Waals surface area contributed by atoms with Gasteiger partial charge >= 0.3 is 5.69 Å². The largest absolute Gasteiger partial charge is 0.332 e. The van der Waals surface area contributed by atoms with Crippen molar-refractivity contribution >= 4 is 39.9 Å². The third kappa shape index (κ3) is 2.43. The molecule has 0 aliphatic rings. The first-order valence-corrected chi connectivity index (χ1v) is 7.92. The van der Waals surface area contributed by atoms with Crippen molar-refractivity contribution in [1.29, 1.82) is 0 Å². The van der Waals surface area contributed by atoms with Crippen LogP contribution in [0.5, 0.6) is 0 Å². The SMILES string of the molecule is Cc1ccc(C(=O)Cn2c(Cl)nc3c2c(=O)n(C)c(=O)n3C)s1. The molecule has 7 nitrogen and oxygen atoms in total. The van der Waals surface area contributed by atoms with E-state index in [0.29, 0.717) is 4.88 Å². The number of aromatic nitrogens is 4. The maximum Gasteiger partial charge on any atom is 0.332 e. The van der Waals surface area contributed by atoms with Crippen molar-refractivity contribution in [2.24, 2.45) is 14.1 Å². The number of hydrogen-bond donors (Lipinski definition) is 0. The summed E-state index contributed by atoms with van der Waals surface area (Å²) in [7, 11) is 2.88. The van der Waals surface area contributed by atoms with Crippen LogP contribution in [-0.2, 0) is 20.6 Å². The highest BCUT2D eigenvalue weighted by molar-refractivity contribution is 7.14. The number of imidazole rings is 1. The highest BCUT2D eigenvalue weighted by atomic mass is 35.5. The van der Waals surface area contributed by atoms with E-state index in [1.807, 2.05) is 13.0 Å². The molecule has 0 saturated carbocycles. The molecule has 3 aromatic rings. The smallest absolute Gasteiger partial charge is 0.301 e. The Bertz CT molecular complexity index is 1060. The van der Waals surface area contributed by atoms with Gasteiger partial charge in [-0.2, -0.15) is 4.98 Å². The number of fused-ring (bicyclic) bond motifs is 1. The quantitative estimate of drug-likeness (QED) is 0.526.